The molecular weight excluding hydrogens is 2080 g/mol. The van der Waals surface area contributed by atoms with Crippen molar-refractivity contribution in [2.24, 2.45) is 20.0 Å². The van der Waals surface area contributed by atoms with E-state index in [9.17, 15) is 71.0 Å². The van der Waals surface area contributed by atoms with Crippen LogP contribution < -0.4 is 40.8 Å². The maximum Gasteiger partial charge on any atom is 0.407 e. The number of carbonyl (C=O) groups excluding carboxylic acids is 5. The average Bonchev–Trinajstić information content (AvgIpc) is 1.54. The molecule has 11 aliphatic rings. The third kappa shape index (κ3) is 24.6. The number of hydrogen-bond donors (Lipinski definition) is 8. The predicted molar refractivity (Wildman–Crippen MR) is 540 cm³/mol. The minimum atomic E-state index is -3.51. The zero-order valence-corrected chi connectivity index (χ0v) is 86.9. The molecule has 1 unspecified atom stereocenters. The number of ether oxygens (including phenoxy) is 1. The Morgan fingerprint density at radius 2 is 0.725 bits per heavy atom. The molecular formula is C93H102Cl4F4N20O13S8. The Bertz CT molecular complexity index is 6770. The van der Waals surface area contributed by atoms with Crippen LogP contribution in [0.3, 0.4) is 0 Å². The number of nitrogens with one attached hydrogen (secondary N) is 8. The van der Waals surface area contributed by atoms with Gasteiger partial charge in [-0.15, -0.1) is 45.3 Å². The number of aromatic nitrogens is 4. The number of amides is 5. The SMILES string of the molecule is CCNC(=O)C1=C2C[C@H](NC(=O)OC)CN2C(Cc2nccs2)=N[C@H]1c1ccc(F)cc1Cl.CCNC(=O)C1=C2C[C@H](NS(=O)(=O)C3CC3)CN2C(CCCCc2nccs2)=N[C@H]1c1ccc(F)cc1Cl.CCNC(=O)C1=C2C[C@H](NS(=O)(=O)C3CC3)CN2C(Cc2nccs2)=N[C@H]1c1ccc(F)cc1Cl.CCNC(=O)C1=C2C[C@H](NS(=O)(=O)C3CC3)CN2C(S(=O)c2nccs2)=N[C@H]1c1ccc(F)cc1Cl. The molecule has 0 spiro atoms. The first-order chi connectivity index (χ1) is 68.1. The van der Waals surface area contributed by atoms with Gasteiger partial charge in [-0.3, -0.25) is 34.2 Å². The summed E-state index contributed by atoms with van der Waals surface area (Å²) in [7, 11) is -10.8. The average molecular weight is 2180 g/mol. The lowest BCUT2D eigenvalue weighted by atomic mass is 9.93. The topological polar surface area (TPSA) is 424 Å². The lowest BCUT2D eigenvalue weighted by Crippen LogP contribution is -2.42. The van der Waals surface area contributed by atoms with Crippen LogP contribution >= 0.6 is 91.8 Å². The number of halogens is 8. The van der Waals surface area contributed by atoms with Crippen LogP contribution in [0.4, 0.5) is 22.4 Å². The molecule has 8 aromatic rings. The van der Waals surface area contributed by atoms with E-state index in [1.54, 1.807) is 65.3 Å². The third-order valence-electron chi connectivity index (χ3n) is 24.8. The molecule has 49 heteroatoms. The number of aryl methyl sites for hydroxylation is 1. The van der Waals surface area contributed by atoms with Crippen molar-refractivity contribution in [3.63, 3.8) is 0 Å². The molecule has 4 aromatic carbocycles. The fourth-order valence-corrected chi connectivity index (χ4v) is 27.8. The molecule has 7 fully saturated rings. The van der Waals surface area contributed by atoms with Gasteiger partial charge in [0.15, 0.2) is 15.1 Å². The minimum absolute atomic E-state index is 0.0722. The maximum atomic E-state index is 13.9. The number of benzene rings is 4. The van der Waals surface area contributed by atoms with Gasteiger partial charge >= 0.3 is 6.09 Å². The molecule has 3 saturated carbocycles. The maximum absolute atomic E-state index is 13.9. The van der Waals surface area contributed by atoms with E-state index in [0.717, 1.165) is 57.6 Å². The quantitative estimate of drug-likeness (QED) is 0.0143. The van der Waals surface area contributed by atoms with Gasteiger partial charge in [-0.1, -0.05) is 70.7 Å². The largest absolute Gasteiger partial charge is 0.453 e. The van der Waals surface area contributed by atoms with E-state index in [-0.39, 0.29) is 84.1 Å². The number of rotatable bonds is 32. The van der Waals surface area contributed by atoms with Gasteiger partial charge in [0.2, 0.25) is 35.2 Å². The second kappa shape index (κ2) is 45.8. The monoisotopic (exact) mass is 2180 g/mol. The summed E-state index contributed by atoms with van der Waals surface area (Å²) < 4.78 is 159. The fraction of sp³-hybridized carbons (Fsp3) is 0.430. The molecule has 4 saturated heterocycles. The Morgan fingerprint density at radius 1 is 0.415 bits per heavy atom. The Kier molecular flexibility index (Phi) is 33.9. The molecule has 756 valence electrons. The normalized spacial score (nSPS) is 21.6. The number of thiazole rings is 4. The Morgan fingerprint density at radius 3 is 1.06 bits per heavy atom. The Balaban J connectivity index is 0.000000136. The highest BCUT2D eigenvalue weighted by Crippen LogP contribution is 2.49. The lowest BCUT2D eigenvalue weighted by Gasteiger charge is -2.33. The van der Waals surface area contributed by atoms with Gasteiger partial charge in [-0.25, -0.2) is 90.9 Å². The molecule has 9 atom stereocenters. The lowest BCUT2D eigenvalue weighted by molar-refractivity contribution is -0.118. The van der Waals surface area contributed by atoms with Gasteiger partial charge in [-0.05, 0) is 134 Å². The van der Waals surface area contributed by atoms with Crippen molar-refractivity contribution >= 4 is 185 Å². The third-order valence-corrected chi connectivity index (χ3v) is 37.0. The second-order valence-corrected chi connectivity index (χ2v) is 47.9. The van der Waals surface area contributed by atoms with Gasteiger partial charge in [-0.2, -0.15) is 0 Å². The minimum Gasteiger partial charge on any atom is -0.453 e. The van der Waals surface area contributed by atoms with Crippen molar-refractivity contribution in [3.8, 4) is 0 Å². The van der Waals surface area contributed by atoms with Crippen LogP contribution in [-0.4, -0.2) is 221 Å². The molecule has 5 amide bonds. The zero-order valence-electron chi connectivity index (χ0n) is 77.3. The van der Waals surface area contributed by atoms with Crippen molar-refractivity contribution < 1.29 is 75.7 Å². The number of sulfonamides is 3. The van der Waals surface area contributed by atoms with Crippen LogP contribution in [0, 0.1) is 23.3 Å². The van der Waals surface area contributed by atoms with E-state index >= 15 is 0 Å². The number of nitrogens with zero attached hydrogens (tertiary/aromatic N) is 12. The number of hydrogen-bond acceptors (Lipinski definition) is 29. The predicted octanol–water partition coefficient (Wildman–Crippen LogP) is 13.7. The van der Waals surface area contributed by atoms with E-state index in [1.807, 2.05) is 51.6 Å². The molecule has 8 aliphatic heterocycles. The van der Waals surface area contributed by atoms with Gasteiger partial charge in [0.25, 0.3) is 23.6 Å². The number of methoxy groups -OCH3 is 1. The smallest absolute Gasteiger partial charge is 0.407 e. The van der Waals surface area contributed by atoms with E-state index in [4.69, 9.17) is 71.1 Å². The van der Waals surface area contributed by atoms with Crippen LogP contribution in [0.25, 0.3) is 0 Å². The van der Waals surface area contributed by atoms with Gasteiger partial charge in [0.1, 0.15) is 64.9 Å². The number of amidine groups is 4. The summed E-state index contributed by atoms with van der Waals surface area (Å²) in [5.41, 5.74) is 6.19. The first kappa shape index (κ1) is 105. The van der Waals surface area contributed by atoms with E-state index in [1.165, 1.54) is 95.8 Å². The van der Waals surface area contributed by atoms with E-state index < -0.39 is 118 Å². The first-order valence-corrected chi connectivity index (χ1v) is 57.0. The van der Waals surface area contributed by atoms with Crippen molar-refractivity contribution in [3.05, 3.63) is 245 Å². The molecule has 12 heterocycles. The Labute approximate surface area is 857 Å². The van der Waals surface area contributed by atoms with Gasteiger partial charge in [0, 0.05) is 214 Å². The highest BCUT2D eigenvalue weighted by atomic mass is 35.5. The molecule has 4 aromatic heterocycles. The molecule has 0 radical (unpaired) electrons. The Hall–Kier alpha value is -9.85. The summed E-state index contributed by atoms with van der Waals surface area (Å²) >= 11 is 31.5. The number of likely N-dealkylation sites (N-methyl/N-ethyl adjacent to an activating group) is 4. The standard InChI is InChI=1S/C26H31ClFN5O3S2.C23H25ClFN5O3S2.C22H23ClFN5O4S3.C22H23ClFN5O3S/c1-2-29-26(34)24-21-14-17(32-38(35,36)18-8-9-18)15-33(21)22(5-3-4-6-23-30-11-12-37-23)31-25(24)19-10-7-16(28)13-20(19)27;1-2-26-23(31)21-18-10-14(29-35(32,33)15-4-5-15)12-30(18)19(11-20-27-7-8-34-20)28-22(21)16-6-3-13(25)9-17(16)24;1-2-25-20(30)18-17-10-13(28-36(32,33)14-4-5-14)11-29(17)21(35(31)22-26-7-8-34-22)27-19(18)15-6-3-12(24)9-16(15)23;1-3-25-21(30)19-16-9-13(27-22(31)32-2)11-29(16)17(10-18-26-6-7-33-18)28-20(19)14-5-4-12(24)8-15(14)23/h7,10-13,17-18,25,32H,2-6,8-9,14-15H2,1H3,(H,29,34);3,6-9,14-15,22,29H,2,4-5,10-12H2,1H3,(H,26,31);3,6-9,13-14,19,28H,2,4-5,10-11H2,1H3,(H,25,30);4-8,13,20H,3,9-11H2,1-2H3,(H,25,30)(H,27,31)/t17-,25-;14-,22-;13-,19-,35?;13-,20-/m0000/s1. The summed E-state index contributed by atoms with van der Waals surface area (Å²) in [4.78, 5) is 109. The van der Waals surface area contributed by atoms with E-state index in [0.29, 0.717) is 189 Å². The molecule has 142 heavy (non-hydrogen) atoms. The highest BCUT2D eigenvalue weighted by molar-refractivity contribution is 8.02. The molecule has 8 N–H and O–H groups in total. The van der Waals surface area contributed by atoms with Crippen LogP contribution in [0.15, 0.2) is 188 Å². The molecule has 33 nitrogen and oxygen atoms in total. The highest BCUT2D eigenvalue weighted by Gasteiger charge is 2.51. The van der Waals surface area contributed by atoms with Crippen molar-refractivity contribution in [1.82, 2.24) is 80.3 Å². The number of alkyl carbamates (subject to hydrolysis) is 1. The zero-order chi connectivity index (χ0) is 101. The fourth-order valence-electron chi connectivity index (χ4n) is 18.1. The van der Waals surface area contributed by atoms with Gasteiger partial charge in [0.05, 0.1) is 79.1 Å². The second-order valence-electron chi connectivity index (χ2n) is 34.9. The van der Waals surface area contributed by atoms with Crippen LogP contribution in [0.5, 0.6) is 0 Å². The number of carbonyl (C=O) groups is 5. The van der Waals surface area contributed by atoms with E-state index in [2.05, 4.69) is 60.7 Å². The molecule has 19 rings (SSSR count). The van der Waals surface area contributed by atoms with Crippen molar-refractivity contribution in [1.29, 1.82) is 0 Å². The molecule has 3 aliphatic carbocycles. The van der Waals surface area contributed by atoms with Crippen molar-refractivity contribution in [2.75, 3.05) is 59.5 Å². The van der Waals surface area contributed by atoms with Crippen LogP contribution in [-0.2, 0) is 84.0 Å². The van der Waals surface area contributed by atoms with Crippen LogP contribution in [0.2, 0.25) is 20.1 Å². The number of aliphatic imine (C=N–C) groups is 4. The van der Waals surface area contributed by atoms with Crippen molar-refractivity contribution in [2.45, 2.75) is 199 Å². The number of fused-ring (bicyclic) bond motifs is 4. The molecule has 0 bridgehead atoms. The number of unbranched alkanes of at least 4 members (excludes halogenated alkanes) is 1. The first-order valence-electron chi connectivity index (χ1n) is 46.2. The summed E-state index contributed by atoms with van der Waals surface area (Å²) in [5.74, 6) is -1.08. The summed E-state index contributed by atoms with van der Waals surface area (Å²) in [6.07, 6.45) is 15.6. The summed E-state index contributed by atoms with van der Waals surface area (Å²) in [5, 5.41) is 24.1. The summed E-state index contributed by atoms with van der Waals surface area (Å²) in [6, 6.07) is 11.3. The summed E-state index contributed by atoms with van der Waals surface area (Å²) in [6.45, 7) is 10.2. The van der Waals surface area contributed by atoms with Crippen LogP contribution in [0.1, 0.15) is 173 Å². The van der Waals surface area contributed by atoms with Gasteiger partial charge < -0.3 is 50.9 Å².